The third-order valence-corrected chi connectivity index (χ3v) is 58.2. The van der Waals surface area contributed by atoms with E-state index in [-0.39, 0.29) is 68.2 Å². The molecule has 0 aromatic heterocycles. The number of benzene rings is 12. The molecule has 0 saturated carbocycles. The Morgan fingerprint density at radius 2 is 0.540 bits per heavy atom. The molecule has 15 unspecified atom stereocenters. The fourth-order valence-electron chi connectivity index (χ4n) is 31.9. The summed E-state index contributed by atoms with van der Waals surface area (Å²) < 4.78 is 64.7. The van der Waals surface area contributed by atoms with E-state index in [1.165, 1.54) is 86.0 Å². The molecule has 8 aliphatic rings. The van der Waals surface area contributed by atoms with Crippen molar-refractivity contribution < 1.29 is 46.6 Å². The number of hydrogen-bond donors (Lipinski definition) is 1. The van der Waals surface area contributed by atoms with Crippen LogP contribution in [-0.4, -0.2) is 118 Å². The highest BCUT2D eigenvalue weighted by Crippen LogP contribution is 2.75. The zero-order valence-corrected chi connectivity index (χ0v) is 96.1. The SMILES string of the molecule is CCCC(C12CCC(CC1Cc1ccccc1CCCO[Si](c1ccccc1)(c1ccccc1)C(C)(C)C)O2)C(C(=O)O)(C(CC12CCC(CC1Cc1ccccc1CCCO[Si](c1ccccc1)(c1ccccc1)C(C)(C)C)O2)C12CCC(CC1Cc1ccccc1CCCO[Si](c1ccccc1)(c1ccccc1)C(C)(C)C)O2)C12CCC(CC1Cc1ccccc1CCCO[Si](c1ccccc1)(c1ccccc1)C(C)(C)C)O2. The van der Waals surface area contributed by atoms with Crippen molar-refractivity contribution in [1.29, 1.82) is 0 Å². The zero-order valence-electron chi connectivity index (χ0n) is 92.1. The van der Waals surface area contributed by atoms with Gasteiger partial charge in [0, 0.05) is 38.3 Å². The van der Waals surface area contributed by atoms with Crippen molar-refractivity contribution in [2.45, 2.75) is 330 Å². The van der Waals surface area contributed by atoms with E-state index in [0.29, 0.717) is 52.1 Å². The first-order valence-electron chi connectivity index (χ1n) is 57.7. The molecule has 12 aromatic carbocycles. The molecule has 788 valence electrons. The van der Waals surface area contributed by atoms with Crippen molar-refractivity contribution >= 4 is 80.7 Å². The molecular weight excluding hydrogens is 1910 g/mol. The Labute approximate surface area is 902 Å². The standard InChI is InChI=1S/C136H168O10Si4/c1-14-51-125(133-85-81-114(144-133)97-110(133)93-106-57-44-40-53-102(106)61-48-89-140-148(129(5,6)7,119-68-27-17-28-69-119)120-70-29-18-30-71-120)136(127(137)138,135-87-83-116(146-135)99-112(135)95-108-59-46-42-55-104(108)63-50-91-142-150(131(11,12)13,123-76-35-21-36-77-123)124-78-37-22-38-79-124)126(134-86-82-115(145-134)98-111(134)94-107-58-45-41-54-103(107)62-49-90-141-149(130(8,9)10,121-72-31-19-32-73-121)122-74-33-20-34-75-122)100-132-84-80-113(143-132)96-109(132)92-105-56-43-39-52-101(105)60-47-88-139-147(128(2,3)4,117-64-23-15-24-65-117)118-66-25-16-26-67-118/h15-46,52-59,64-79,109-116,125-126H,14,47-51,60-63,80-100H2,1-13H3,(H,137,138). The van der Waals surface area contributed by atoms with E-state index in [4.69, 9.17) is 36.7 Å². The maximum atomic E-state index is 18.5. The van der Waals surface area contributed by atoms with Crippen molar-refractivity contribution in [3.05, 3.63) is 384 Å². The van der Waals surface area contributed by atoms with E-state index < -0.39 is 78.9 Å². The molecule has 150 heavy (non-hydrogen) atoms. The highest BCUT2D eigenvalue weighted by atomic mass is 28.4. The Morgan fingerprint density at radius 1 is 0.300 bits per heavy atom. The lowest BCUT2D eigenvalue weighted by Crippen LogP contribution is -2.72. The number of aliphatic carboxylic acids is 1. The summed E-state index contributed by atoms with van der Waals surface area (Å²) in [6.07, 6.45) is 21.5. The number of rotatable bonds is 46. The topological polar surface area (TPSA) is 111 Å². The Bertz CT molecular complexity index is 6290. The minimum Gasteiger partial charge on any atom is -0.481 e. The van der Waals surface area contributed by atoms with Crippen LogP contribution in [0, 0.1) is 40.9 Å². The number of carbonyl (C=O) groups is 1. The number of hydrogen-bond acceptors (Lipinski definition) is 9. The summed E-state index contributed by atoms with van der Waals surface area (Å²) in [6, 6.07) is 126. The van der Waals surface area contributed by atoms with Crippen LogP contribution in [0.1, 0.15) is 257 Å². The Balaban J connectivity index is 0.708. The van der Waals surface area contributed by atoms with E-state index >= 15 is 9.90 Å². The second kappa shape index (κ2) is 44.9. The highest BCUT2D eigenvalue weighted by Gasteiger charge is 2.82. The number of carboxylic acid groups (broad SMARTS) is 1. The van der Waals surface area contributed by atoms with Gasteiger partial charge in [-0.1, -0.05) is 436 Å². The zero-order chi connectivity index (χ0) is 104. The summed E-state index contributed by atoms with van der Waals surface area (Å²) in [7, 11) is -11.4. The normalized spacial score (nSPS) is 24.5. The Hall–Kier alpha value is -9.34. The average Bonchev–Trinajstić information content (AvgIpc) is 1.49. The Kier molecular flexibility index (Phi) is 32.2. The van der Waals surface area contributed by atoms with E-state index in [1.807, 2.05) is 0 Å². The Morgan fingerprint density at radius 3 is 0.813 bits per heavy atom. The van der Waals surface area contributed by atoms with Crippen molar-refractivity contribution in [2.75, 3.05) is 26.4 Å². The summed E-state index contributed by atoms with van der Waals surface area (Å²) >= 11 is 0. The summed E-state index contributed by atoms with van der Waals surface area (Å²) in [5, 5.41) is 24.8. The van der Waals surface area contributed by atoms with E-state index in [1.54, 1.807) is 0 Å². The van der Waals surface area contributed by atoms with Gasteiger partial charge in [0.1, 0.15) is 5.41 Å². The number of aryl methyl sites for hydroxylation is 4. The van der Waals surface area contributed by atoms with Crippen molar-refractivity contribution in [2.24, 2.45) is 40.9 Å². The molecular formula is C136H168O10Si4. The van der Waals surface area contributed by atoms with E-state index in [2.05, 4.69) is 430 Å². The van der Waals surface area contributed by atoms with Crippen molar-refractivity contribution in [1.82, 2.24) is 0 Å². The average molecular weight is 2080 g/mol. The smallest absolute Gasteiger partial charge is 0.313 e. The van der Waals surface area contributed by atoms with E-state index in [0.717, 1.165) is 148 Å². The van der Waals surface area contributed by atoms with Gasteiger partial charge in [-0.3, -0.25) is 4.79 Å². The molecule has 8 heterocycles. The van der Waals surface area contributed by atoms with Crippen LogP contribution in [0.5, 0.6) is 0 Å². The van der Waals surface area contributed by atoms with Gasteiger partial charge in [0.15, 0.2) is 0 Å². The number of carboxylic acids is 1. The van der Waals surface area contributed by atoms with Gasteiger partial charge in [-0.25, -0.2) is 0 Å². The third kappa shape index (κ3) is 20.1. The minimum atomic E-state index is -2.88. The van der Waals surface area contributed by atoms with Crippen LogP contribution in [0.3, 0.4) is 0 Å². The molecule has 8 aliphatic heterocycles. The lowest BCUT2D eigenvalue weighted by molar-refractivity contribution is -0.259. The summed E-state index contributed by atoms with van der Waals surface area (Å²) in [5.41, 5.74) is 5.40. The van der Waals surface area contributed by atoms with Crippen LogP contribution in [0.25, 0.3) is 0 Å². The van der Waals surface area contributed by atoms with Crippen LogP contribution in [0.2, 0.25) is 20.2 Å². The first-order chi connectivity index (χ1) is 72.5. The van der Waals surface area contributed by atoms with Gasteiger partial charge < -0.3 is 41.8 Å². The lowest BCUT2D eigenvalue weighted by atomic mass is 9.41. The first-order valence-corrected chi connectivity index (χ1v) is 65.3. The van der Waals surface area contributed by atoms with Gasteiger partial charge in [-0.2, -0.15) is 0 Å². The molecule has 14 heteroatoms. The maximum absolute atomic E-state index is 18.5. The molecule has 0 aliphatic carbocycles. The summed E-state index contributed by atoms with van der Waals surface area (Å²) in [5.74, 6) is -1.94. The molecule has 8 fully saturated rings. The molecule has 10 nitrogen and oxygen atoms in total. The second-order valence-corrected chi connectivity index (χ2v) is 67.6. The molecule has 1 N–H and O–H groups in total. The maximum Gasteiger partial charge on any atom is 0.313 e. The largest absolute Gasteiger partial charge is 0.481 e. The predicted octanol–water partition coefficient (Wildman–Crippen LogP) is 26.2. The van der Waals surface area contributed by atoms with Crippen LogP contribution < -0.4 is 41.5 Å². The molecule has 0 spiro atoms. The second-order valence-electron chi connectivity index (χ2n) is 50.3. The highest BCUT2D eigenvalue weighted by molar-refractivity contribution is 7.01. The predicted molar refractivity (Wildman–Crippen MR) is 625 cm³/mol. The molecule has 15 atom stereocenters. The minimum absolute atomic E-state index is 0.00108. The fourth-order valence-corrected chi connectivity index (χ4v) is 50.3. The molecule has 0 radical (unpaired) electrons. The van der Waals surface area contributed by atoms with Gasteiger partial charge in [0.25, 0.3) is 33.3 Å². The van der Waals surface area contributed by atoms with Crippen LogP contribution in [0.4, 0.5) is 0 Å². The molecule has 8 saturated heterocycles. The van der Waals surface area contributed by atoms with Gasteiger partial charge in [-0.05, 0) is 297 Å². The number of fused-ring (bicyclic) bond motifs is 8. The van der Waals surface area contributed by atoms with Crippen LogP contribution in [-0.2, 0) is 92.8 Å². The van der Waals surface area contributed by atoms with Crippen LogP contribution >= 0.6 is 0 Å². The molecule has 0 amide bonds. The monoisotopic (exact) mass is 2070 g/mol. The first kappa shape index (κ1) is 108. The third-order valence-electron chi connectivity index (χ3n) is 38.1. The van der Waals surface area contributed by atoms with E-state index in [9.17, 15) is 0 Å². The number of ether oxygens (including phenoxy) is 4. The summed E-state index contributed by atoms with van der Waals surface area (Å²) in [6.45, 7) is 33.4. The summed E-state index contributed by atoms with van der Waals surface area (Å²) in [4.78, 5) is 18.5. The van der Waals surface area contributed by atoms with Crippen molar-refractivity contribution in [3.63, 3.8) is 0 Å². The van der Waals surface area contributed by atoms with Gasteiger partial charge >= 0.3 is 5.97 Å². The van der Waals surface area contributed by atoms with Gasteiger partial charge in [0.05, 0.1) is 46.8 Å². The lowest BCUT2D eigenvalue weighted by Gasteiger charge is -2.63. The molecule has 12 aromatic rings. The van der Waals surface area contributed by atoms with Gasteiger partial charge in [0.2, 0.25) is 0 Å². The van der Waals surface area contributed by atoms with Crippen LogP contribution in [0.15, 0.2) is 340 Å². The molecule has 8 bridgehead atoms. The molecule has 20 rings (SSSR count). The quantitative estimate of drug-likeness (QED) is 0.0292. The fraction of sp³-hybridized carbons (Fsp3) is 0.463. The van der Waals surface area contributed by atoms with Gasteiger partial charge in [-0.15, -0.1) is 0 Å². The van der Waals surface area contributed by atoms with Crippen molar-refractivity contribution in [3.8, 4) is 0 Å².